The number of ether oxygens (including phenoxy) is 1. The van der Waals surface area contributed by atoms with Gasteiger partial charge in [0.1, 0.15) is 0 Å². The van der Waals surface area contributed by atoms with Crippen molar-refractivity contribution in [2.75, 3.05) is 6.61 Å². The van der Waals surface area contributed by atoms with E-state index in [1.165, 1.54) is 12.8 Å². The third-order valence-corrected chi connectivity index (χ3v) is 1.75. The van der Waals surface area contributed by atoms with Gasteiger partial charge >= 0.3 is 0 Å². The van der Waals surface area contributed by atoms with Gasteiger partial charge in [-0.3, -0.25) is 0 Å². The van der Waals surface area contributed by atoms with Gasteiger partial charge in [-0.05, 0) is 25.7 Å². The topological polar surface area (TPSA) is 9.23 Å². The minimum absolute atomic E-state index is 0.513. The average Bonchev–Trinajstić information content (AvgIpc) is 1.64. The second-order valence-corrected chi connectivity index (χ2v) is 2.81. The molecule has 1 rings (SSSR count). The summed E-state index contributed by atoms with van der Waals surface area (Å²) < 4.78 is 5.35. The molecular weight excluding hydrogens is 100 g/mol. The van der Waals surface area contributed by atoms with E-state index < -0.39 is 0 Å². The highest BCUT2D eigenvalue weighted by Crippen LogP contribution is 2.18. The number of hydrogen-bond acceptors (Lipinski definition) is 1. The van der Waals surface area contributed by atoms with Crippen LogP contribution in [-0.2, 0) is 4.74 Å². The normalized spacial score (nSPS) is 39.8. The molecule has 1 nitrogen and oxygen atoms in total. The Morgan fingerprint density at radius 3 is 2.50 bits per heavy atom. The Bertz CT molecular complexity index is 62.8. The van der Waals surface area contributed by atoms with Crippen LogP contribution in [0.15, 0.2) is 0 Å². The highest BCUT2D eigenvalue weighted by atomic mass is 16.5. The van der Waals surface area contributed by atoms with Crippen LogP contribution in [0.5, 0.6) is 0 Å². The number of rotatable bonds is 0. The SMILES string of the molecule is CC1CCOC(C)C1. The van der Waals surface area contributed by atoms with E-state index in [0.717, 1.165) is 12.5 Å². The van der Waals surface area contributed by atoms with Gasteiger partial charge in [0.2, 0.25) is 0 Å². The van der Waals surface area contributed by atoms with Crippen LogP contribution in [0.1, 0.15) is 26.7 Å². The van der Waals surface area contributed by atoms with Gasteiger partial charge in [-0.2, -0.15) is 0 Å². The Kier molecular flexibility index (Phi) is 1.90. The molecule has 1 heterocycles. The molecule has 0 spiro atoms. The van der Waals surface area contributed by atoms with E-state index in [1.807, 2.05) is 0 Å². The molecule has 0 aromatic rings. The summed E-state index contributed by atoms with van der Waals surface area (Å²) in [4.78, 5) is 0. The smallest absolute Gasteiger partial charge is 0.0549 e. The second kappa shape index (κ2) is 2.49. The Balaban J connectivity index is 2.23. The Morgan fingerprint density at radius 2 is 2.12 bits per heavy atom. The van der Waals surface area contributed by atoms with Crippen molar-refractivity contribution in [3.8, 4) is 0 Å². The van der Waals surface area contributed by atoms with Crippen LogP contribution < -0.4 is 0 Å². The van der Waals surface area contributed by atoms with Crippen LogP contribution in [0.2, 0.25) is 0 Å². The number of hydrogen-bond donors (Lipinski definition) is 0. The Morgan fingerprint density at radius 1 is 1.38 bits per heavy atom. The van der Waals surface area contributed by atoms with E-state index >= 15 is 0 Å². The van der Waals surface area contributed by atoms with Gasteiger partial charge in [0.15, 0.2) is 0 Å². The van der Waals surface area contributed by atoms with Crippen molar-refractivity contribution in [3.05, 3.63) is 0 Å². The monoisotopic (exact) mass is 114 g/mol. The standard InChI is InChI=1S/C7H14O/c1-6-3-4-8-7(2)5-6/h6-7H,3-5H2,1-2H3. The lowest BCUT2D eigenvalue weighted by Gasteiger charge is -2.23. The molecule has 1 heteroatoms. The molecule has 0 aromatic carbocycles. The molecule has 0 aliphatic carbocycles. The maximum atomic E-state index is 5.35. The van der Waals surface area contributed by atoms with Crippen molar-refractivity contribution in [1.29, 1.82) is 0 Å². The molecule has 2 unspecified atom stereocenters. The predicted octanol–water partition coefficient (Wildman–Crippen LogP) is 1.82. The van der Waals surface area contributed by atoms with Crippen LogP contribution in [0.3, 0.4) is 0 Å². The Hall–Kier alpha value is -0.0400. The lowest BCUT2D eigenvalue weighted by atomic mass is 9.99. The zero-order valence-corrected chi connectivity index (χ0v) is 5.68. The predicted molar refractivity (Wildman–Crippen MR) is 33.8 cm³/mol. The minimum Gasteiger partial charge on any atom is -0.378 e. The summed E-state index contributed by atoms with van der Waals surface area (Å²) in [5.41, 5.74) is 0. The van der Waals surface area contributed by atoms with Gasteiger partial charge in [-0.15, -0.1) is 0 Å². The first-order valence-corrected chi connectivity index (χ1v) is 3.40. The van der Waals surface area contributed by atoms with Crippen molar-refractivity contribution < 1.29 is 4.74 Å². The molecular formula is C7H14O. The molecule has 1 fully saturated rings. The average molecular weight is 114 g/mol. The van der Waals surface area contributed by atoms with Crippen LogP contribution in [0.25, 0.3) is 0 Å². The second-order valence-electron chi connectivity index (χ2n) is 2.81. The summed E-state index contributed by atoms with van der Waals surface area (Å²) in [7, 11) is 0. The largest absolute Gasteiger partial charge is 0.378 e. The molecule has 0 radical (unpaired) electrons. The van der Waals surface area contributed by atoms with Gasteiger partial charge in [0.05, 0.1) is 6.10 Å². The molecule has 0 aromatic heterocycles. The van der Waals surface area contributed by atoms with Crippen molar-refractivity contribution in [1.82, 2.24) is 0 Å². The molecule has 0 amide bonds. The van der Waals surface area contributed by atoms with Gasteiger partial charge in [0, 0.05) is 6.61 Å². The molecule has 2 atom stereocenters. The van der Waals surface area contributed by atoms with E-state index in [1.54, 1.807) is 0 Å². The fraction of sp³-hybridized carbons (Fsp3) is 1.00. The van der Waals surface area contributed by atoms with Crippen LogP contribution in [0, 0.1) is 5.92 Å². The zero-order chi connectivity index (χ0) is 5.98. The third kappa shape index (κ3) is 1.48. The molecule has 48 valence electrons. The van der Waals surface area contributed by atoms with Crippen molar-refractivity contribution in [2.24, 2.45) is 5.92 Å². The molecule has 8 heavy (non-hydrogen) atoms. The summed E-state index contributed by atoms with van der Waals surface area (Å²) in [5.74, 6) is 0.888. The van der Waals surface area contributed by atoms with E-state index in [4.69, 9.17) is 4.74 Å². The summed E-state index contributed by atoms with van der Waals surface area (Å²) in [6.45, 7) is 5.41. The minimum atomic E-state index is 0.513. The van der Waals surface area contributed by atoms with Gasteiger partial charge in [-0.25, -0.2) is 0 Å². The molecule has 0 N–H and O–H groups in total. The van der Waals surface area contributed by atoms with Crippen molar-refractivity contribution in [3.63, 3.8) is 0 Å². The van der Waals surface area contributed by atoms with Gasteiger partial charge in [0.25, 0.3) is 0 Å². The van der Waals surface area contributed by atoms with Crippen LogP contribution >= 0.6 is 0 Å². The molecule has 0 saturated carbocycles. The van der Waals surface area contributed by atoms with Crippen molar-refractivity contribution in [2.45, 2.75) is 32.8 Å². The maximum Gasteiger partial charge on any atom is 0.0549 e. The molecule has 1 saturated heterocycles. The Labute approximate surface area is 51.0 Å². The van der Waals surface area contributed by atoms with Gasteiger partial charge < -0.3 is 4.74 Å². The maximum absolute atomic E-state index is 5.35. The quantitative estimate of drug-likeness (QED) is 0.466. The van der Waals surface area contributed by atoms with Gasteiger partial charge in [-0.1, -0.05) is 6.92 Å². The summed E-state index contributed by atoms with van der Waals surface area (Å²) in [5, 5.41) is 0. The molecule has 1 aliphatic rings. The summed E-state index contributed by atoms with van der Waals surface area (Å²) >= 11 is 0. The molecule has 1 aliphatic heterocycles. The third-order valence-electron chi connectivity index (χ3n) is 1.75. The van der Waals surface area contributed by atoms with Crippen molar-refractivity contribution >= 4 is 0 Å². The first kappa shape index (κ1) is 6.09. The van der Waals surface area contributed by atoms with E-state index in [9.17, 15) is 0 Å². The fourth-order valence-electron chi connectivity index (χ4n) is 1.22. The van der Waals surface area contributed by atoms with E-state index in [-0.39, 0.29) is 0 Å². The molecule has 0 bridgehead atoms. The first-order valence-electron chi connectivity index (χ1n) is 3.40. The summed E-state index contributed by atoms with van der Waals surface area (Å²) in [6, 6.07) is 0. The highest BCUT2D eigenvalue weighted by molar-refractivity contribution is 4.63. The zero-order valence-electron chi connectivity index (χ0n) is 5.68. The lowest BCUT2D eigenvalue weighted by Crippen LogP contribution is -2.20. The lowest BCUT2D eigenvalue weighted by molar-refractivity contribution is 0.00682. The summed E-state index contributed by atoms with van der Waals surface area (Å²) in [6.07, 6.45) is 3.02. The van der Waals surface area contributed by atoms with E-state index in [2.05, 4.69) is 13.8 Å². The first-order chi connectivity index (χ1) is 3.79. The fourth-order valence-corrected chi connectivity index (χ4v) is 1.22. The van der Waals surface area contributed by atoms with Crippen LogP contribution in [0.4, 0.5) is 0 Å². The van der Waals surface area contributed by atoms with E-state index in [0.29, 0.717) is 6.10 Å². The highest BCUT2D eigenvalue weighted by Gasteiger charge is 2.13. The van der Waals surface area contributed by atoms with Crippen LogP contribution in [-0.4, -0.2) is 12.7 Å².